The summed E-state index contributed by atoms with van der Waals surface area (Å²) in [6.45, 7) is 4.12. The molecule has 0 aliphatic carbocycles. The van der Waals surface area contributed by atoms with E-state index in [1.807, 2.05) is 0 Å². The van der Waals surface area contributed by atoms with Crippen molar-refractivity contribution in [1.82, 2.24) is 13.9 Å². The van der Waals surface area contributed by atoms with Crippen LogP contribution in [0.3, 0.4) is 0 Å². The van der Waals surface area contributed by atoms with Gasteiger partial charge in [-0.3, -0.25) is 0 Å². The third-order valence-electron chi connectivity index (χ3n) is 4.60. The summed E-state index contributed by atoms with van der Waals surface area (Å²) in [4.78, 5) is 2.26. The van der Waals surface area contributed by atoms with Crippen LogP contribution in [0.2, 0.25) is 0 Å². The molecule has 0 aromatic rings. The Morgan fingerprint density at radius 3 is 2.70 bits per heavy atom. The lowest BCUT2D eigenvalue weighted by atomic mass is 10.0. The van der Waals surface area contributed by atoms with Crippen molar-refractivity contribution in [1.29, 1.82) is 0 Å². The van der Waals surface area contributed by atoms with Gasteiger partial charge in [0.25, 0.3) is 10.2 Å². The predicted octanol–water partition coefficient (Wildman–Crippen LogP) is 0.00780. The Morgan fingerprint density at radius 2 is 2.05 bits per heavy atom. The molecule has 3 unspecified atom stereocenters. The van der Waals surface area contributed by atoms with E-state index in [2.05, 4.69) is 23.6 Å². The number of aliphatic hydroxyl groups excluding tert-OH is 1. The number of likely N-dealkylation sites (tertiary alicyclic amines) is 1. The first kappa shape index (κ1) is 16.2. The maximum absolute atomic E-state index is 12.4. The molecule has 2 N–H and O–H groups in total. The first-order chi connectivity index (χ1) is 9.42. The number of aliphatic hydroxyl groups is 1. The van der Waals surface area contributed by atoms with Crippen LogP contribution < -0.4 is 4.72 Å². The van der Waals surface area contributed by atoms with Gasteiger partial charge in [-0.2, -0.15) is 17.4 Å². The highest BCUT2D eigenvalue weighted by molar-refractivity contribution is 7.87. The molecule has 2 aliphatic heterocycles. The summed E-state index contributed by atoms with van der Waals surface area (Å²) >= 11 is 0. The number of hydrogen-bond donors (Lipinski definition) is 2. The van der Waals surface area contributed by atoms with E-state index in [0.717, 1.165) is 32.2 Å². The van der Waals surface area contributed by atoms with Crippen LogP contribution in [0.4, 0.5) is 0 Å². The van der Waals surface area contributed by atoms with E-state index >= 15 is 0 Å². The summed E-state index contributed by atoms with van der Waals surface area (Å²) in [5.74, 6) is 0.0803. The topological polar surface area (TPSA) is 72.9 Å². The second-order valence-electron chi connectivity index (χ2n) is 6.22. The largest absolute Gasteiger partial charge is 0.396 e. The molecule has 0 amide bonds. The highest BCUT2D eigenvalue weighted by atomic mass is 32.2. The highest BCUT2D eigenvalue weighted by Crippen LogP contribution is 2.20. The van der Waals surface area contributed by atoms with Crippen molar-refractivity contribution in [3.8, 4) is 0 Å². The van der Waals surface area contributed by atoms with E-state index in [-0.39, 0.29) is 18.6 Å². The van der Waals surface area contributed by atoms with Gasteiger partial charge in [-0.1, -0.05) is 0 Å². The summed E-state index contributed by atoms with van der Waals surface area (Å²) in [5, 5.41) is 9.21. The van der Waals surface area contributed by atoms with Gasteiger partial charge in [-0.25, -0.2) is 0 Å². The molecule has 20 heavy (non-hydrogen) atoms. The van der Waals surface area contributed by atoms with Crippen LogP contribution in [0.25, 0.3) is 0 Å². The molecular formula is C13H27N3O3S. The van der Waals surface area contributed by atoms with Gasteiger partial charge in [-0.15, -0.1) is 0 Å². The monoisotopic (exact) mass is 305 g/mol. The number of nitrogens with one attached hydrogen (secondary N) is 1. The fourth-order valence-electron chi connectivity index (χ4n) is 3.08. The summed E-state index contributed by atoms with van der Waals surface area (Å²) in [6, 6.07) is 0.434. The van der Waals surface area contributed by atoms with Crippen LogP contribution in [-0.4, -0.2) is 68.1 Å². The molecule has 0 aromatic heterocycles. The van der Waals surface area contributed by atoms with Crippen molar-refractivity contribution < 1.29 is 13.5 Å². The Kier molecular flexibility index (Phi) is 5.42. The van der Waals surface area contributed by atoms with Crippen molar-refractivity contribution in [3.63, 3.8) is 0 Å². The second kappa shape index (κ2) is 6.70. The molecule has 0 aromatic carbocycles. The number of rotatable bonds is 4. The molecule has 7 heteroatoms. The van der Waals surface area contributed by atoms with Crippen molar-refractivity contribution >= 4 is 10.2 Å². The van der Waals surface area contributed by atoms with Gasteiger partial charge >= 0.3 is 0 Å². The molecule has 0 radical (unpaired) electrons. The Morgan fingerprint density at radius 1 is 1.30 bits per heavy atom. The fourth-order valence-corrected chi connectivity index (χ4v) is 4.64. The quantitative estimate of drug-likeness (QED) is 0.767. The van der Waals surface area contributed by atoms with Crippen LogP contribution in [0.1, 0.15) is 32.6 Å². The van der Waals surface area contributed by atoms with Gasteiger partial charge in [0.2, 0.25) is 0 Å². The van der Waals surface area contributed by atoms with E-state index in [1.165, 1.54) is 4.31 Å². The summed E-state index contributed by atoms with van der Waals surface area (Å²) in [5.41, 5.74) is 0. The summed E-state index contributed by atoms with van der Waals surface area (Å²) in [6.07, 6.45) is 3.45. The summed E-state index contributed by atoms with van der Waals surface area (Å²) < 4.78 is 29.2. The second-order valence-corrected chi connectivity index (χ2v) is 7.92. The van der Waals surface area contributed by atoms with Gasteiger partial charge < -0.3 is 10.0 Å². The lowest BCUT2D eigenvalue weighted by molar-refractivity contribution is 0.160. The van der Waals surface area contributed by atoms with Crippen LogP contribution >= 0.6 is 0 Å². The van der Waals surface area contributed by atoms with Crippen LogP contribution in [0.15, 0.2) is 0 Å². The molecule has 2 rings (SSSR count). The summed E-state index contributed by atoms with van der Waals surface area (Å²) in [7, 11) is -1.34. The van der Waals surface area contributed by atoms with E-state index in [9.17, 15) is 13.5 Å². The van der Waals surface area contributed by atoms with Gasteiger partial charge in [-0.05, 0) is 52.1 Å². The van der Waals surface area contributed by atoms with Gasteiger partial charge in [0.05, 0.1) is 0 Å². The average Bonchev–Trinajstić information content (AvgIpc) is 2.43. The molecule has 118 valence electrons. The molecule has 2 saturated heterocycles. The van der Waals surface area contributed by atoms with Crippen molar-refractivity contribution in [2.45, 2.75) is 44.7 Å². The molecule has 2 aliphatic rings. The molecule has 3 atom stereocenters. The van der Waals surface area contributed by atoms with Gasteiger partial charge in [0.15, 0.2) is 0 Å². The van der Waals surface area contributed by atoms with Crippen LogP contribution in [0, 0.1) is 5.92 Å². The molecule has 0 saturated carbocycles. The minimum absolute atomic E-state index is 0.0284. The van der Waals surface area contributed by atoms with Crippen LogP contribution in [-0.2, 0) is 10.2 Å². The molecule has 0 spiro atoms. The van der Waals surface area contributed by atoms with E-state index in [0.29, 0.717) is 19.1 Å². The fraction of sp³-hybridized carbons (Fsp3) is 1.00. The number of nitrogens with zero attached hydrogens (tertiary/aromatic N) is 2. The number of piperidine rings is 2. The van der Waals surface area contributed by atoms with Gasteiger partial charge in [0.1, 0.15) is 0 Å². The molecular weight excluding hydrogens is 278 g/mol. The van der Waals surface area contributed by atoms with Crippen LogP contribution in [0.5, 0.6) is 0 Å². The standard InChI is InChI=1S/C13H27N3O3S/c1-11-8-13(5-7-15(11)2)14-20(18,19)16-6-3-4-12(9-16)10-17/h11-14,17H,3-10H2,1-2H3. The maximum atomic E-state index is 12.4. The lowest BCUT2D eigenvalue weighted by Gasteiger charge is -2.37. The molecule has 0 bridgehead atoms. The molecule has 2 fully saturated rings. The minimum atomic E-state index is -3.41. The van der Waals surface area contributed by atoms with Crippen molar-refractivity contribution in [3.05, 3.63) is 0 Å². The Balaban J connectivity index is 1.93. The van der Waals surface area contributed by atoms with Gasteiger partial charge in [0, 0.05) is 31.8 Å². The van der Waals surface area contributed by atoms with E-state index in [1.54, 1.807) is 0 Å². The van der Waals surface area contributed by atoms with E-state index < -0.39 is 10.2 Å². The van der Waals surface area contributed by atoms with E-state index in [4.69, 9.17) is 0 Å². The number of hydrogen-bond acceptors (Lipinski definition) is 4. The average molecular weight is 305 g/mol. The molecule has 6 nitrogen and oxygen atoms in total. The first-order valence-electron chi connectivity index (χ1n) is 7.51. The van der Waals surface area contributed by atoms with Crippen molar-refractivity contribution in [2.24, 2.45) is 5.92 Å². The third-order valence-corrected chi connectivity index (χ3v) is 6.25. The zero-order chi connectivity index (χ0) is 14.8. The third kappa shape index (κ3) is 3.92. The minimum Gasteiger partial charge on any atom is -0.396 e. The Bertz CT molecular complexity index is 415. The smallest absolute Gasteiger partial charge is 0.279 e. The Hall–Kier alpha value is -0.210. The highest BCUT2D eigenvalue weighted by Gasteiger charge is 2.32. The maximum Gasteiger partial charge on any atom is 0.279 e. The predicted molar refractivity (Wildman–Crippen MR) is 78.6 cm³/mol. The Labute approximate surface area is 122 Å². The van der Waals surface area contributed by atoms with Crippen molar-refractivity contribution in [2.75, 3.05) is 33.3 Å². The zero-order valence-corrected chi connectivity index (χ0v) is 13.3. The lowest BCUT2D eigenvalue weighted by Crippen LogP contribution is -2.53. The first-order valence-corrected chi connectivity index (χ1v) is 8.95. The molecule has 2 heterocycles. The zero-order valence-electron chi connectivity index (χ0n) is 12.5. The normalized spacial score (nSPS) is 34.2. The SMILES string of the molecule is CC1CC(NS(=O)(=O)N2CCCC(CO)C2)CCN1C.